The summed E-state index contributed by atoms with van der Waals surface area (Å²) in [4.78, 5) is 35.4. The van der Waals surface area contributed by atoms with Crippen molar-refractivity contribution in [1.29, 1.82) is 0 Å². The first-order valence-electron chi connectivity index (χ1n) is 13.4. The molecule has 1 fully saturated rings. The van der Waals surface area contributed by atoms with Gasteiger partial charge < -0.3 is 19.9 Å². The Bertz CT molecular complexity index is 1490. The Morgan fingerprint density at radius 3 is 2.54 bits per heavy atom. The Hall–Kier alpha value is -3.29. The zero-order valence-electron chi connectivity index (χ0n) is 23.0. The first kappa shape index (κ1) is 28.7. The summed E-state index contributed by atoms with van der Waals surface area (Å²) in [7, 11) is -1.80. The first-order chi connectivity index (χ1) is 18.7. The number of benzene rings is 1. The van der Waals surface area contributed by atoms with Gasteiger partial charge in [-0.15, -0.1) is 0 Å². The molecular weight excluding hydrogens is 522 g/mol. The summed E-state index contributed by atoms with van der Waals surface area (Å²) in [5.74, 6) is 0.345. The monoisotopic (exact) mass is 559 g/mol. The van der Waals surface area contributed by atoms with Crippen LogP contribution in [0.5, 0.6) is 5.75 Å². The second kappa shape index (κ2) is 12.3. The second-order valence-corrected chi connectivity index (χ2v) is 11.6. The number of carbonyl (C=O) groups is 1. The lowest BCUT2D eigenvalue weighted by molar-refractivity contribution is -0.121. The highest BCUT2D eigenvalue weighted by Gasteiger charge is 2.29. The second-order valence-electron chi connectivity index (χ2n) is 9.63. The lowest BCUT2D eigenvalue weighted by Gasteiger charge is -2.31. The van der Waals surface area contributed by atoms with Crippen molar-refractivity contribution in [2.75, 3.05) is 46.4 Å². The van der Waals surface area contributed by atoms with Crippen LogP contribution in [-0.2, 0) is 27.8 Å². The van der Waals surface area contributed by atoms with E-state index in [2.05, 4.69) is 20.3 Å². The van der Waals surface area contributed by atoms with Gasteiger partial charge in [0, 0.05) is 32.7 Å². The van der Waals surface area contributed by atoms with Crippen LogP contribution in [0.25, 0.3) is 22.4 Å². The van der Waals surface area contributed by atoms with Crippen molar-refractivity contribution in [2.45, 2.75) is 51.5 Å². The van der Waals surface area contributed by atoms with Crippen LogP contribution in [0.4, 0.5) is 0 Å². The zero-order chi connectivity index (χ0) is 28.2. The number of amides is 1. The molecule has 1 aliphatic heterocycles. The molecule has 3 aromatic rings. The molecule has 3 heterocycles. The Morgan fingerprint density at radius 2 is 1.87 bits per heavy atom. The SMILES string of the molecule is CCCOc1ccc(S(=O)(=O)N2CCN(C)CC2)cc1-c1nc2c(CCC)nn(CC(=O)NCC)c2c(=O)[nH]1. The van der Waals surface area contributed by atoms with Gasteiger partial charge in [0.15, 0.2) is 5.52 Å². The fraction of sp³-hybridized carbons (Fsp3) is 0.538. The van der Waals surface area contributed by atoms with Gasteiger partial charge in [0.1, 0.15) is 23.6 Å². The summed E-state index contributed by atoms with van der Waals surface area (Å²) in [6.07, 6.45) is 2.07. The molecule has 12 nitrogen and oxygen atoms in total. The van der Waals surface area contributed by atoms with E-state index >= 15 is 0 Å². The Morgan fingerprint density at radius 1 is 1.13 bits per heavy atom. The van der Waals surface area contributed by atoms with Gasteiger partial charge in [-0.1, -0.05) is 20.3 Å². The zero-order valence-corrected chi connectivity index (χ0v) is 23.8. The Kier molecular flexibility index (Phi) is 9.03. The summed E-state index contributed by atoms with van der Waals surface area (Å²) in [5, 5.41) is 7.25. The number of likely N-dealkylation sites (N-methyl/N-ethyl adjacent to an activating group) is 2. The molecule has 1 amide bonds. The average molecular weight is 560 g/mol. The topological polar surface area (TPSA) is 143 Å². The minimum Gasteiger partial charge on any atom is -0.493 e. The highest BCUT2D eigenvalue weighted by Crippen LogP contribution is 2.32. The van der Waals surface area contributed by atoms with Crippen LogP contribution >= 0.6 is 0 Å². The van der Waals surface area contributed by atoms with Crippen LogP contribution in [0.2, 0.25) is 0 Å². The van der Waals surface area contributed by atoms with Gasteiger partial charge in [-0.2, -0.15) is 9.40 Å². The molecule has 0 spiro atoms. The normalized spacial score (nSPS) is 15.1. The summed E-state index contributed by atoms with van der Waals surface area (Å²) in [6.45, 7) is 8.64. The van der Waals surface area contributed by atoms with E-state index in [0.717, 1.165) is 12.8 Å². The number of fused-ring (bicyclic) bond motifs is 1. The third kappa shape index (κ3) is 6.15. The molecule has 0 atom stereocenters. The molecule has 0 saturated carbocycles. The van der Waals surface area contributed by atoms with E-state index < -0.39 is 15.6 Å². The van der Waals surface area contributed by atoms with Gasteiger partial charge in [-0.05, 0) is 45.0 Å². The van der Waals surface area contributed by atoms with Gasteiger partial charge >= 0.3 is 0 Å². The minimum absolute atomic E-state index is 0.106. The molecule has 13 heteroatoms. The van der Waals surface area contributed by atoms with Crippen LogP contribution in [0.1, 0.15) is 39.3 Å². The summed E-state index contributed by atoms with van der Waals surface area (Å²) in [5.41, 5.74) is 1.08. The van der Waals surface area contributed by atoms with E-state index in [-0.39, 0.29) is 28.7 Å². The molecular formula is C26H37N7O5S. The maximum absolute atomic E-state index is 13.5. The number of hydrogen-bond donors (Lipinski definition) is 2. The lowest BCUT2D eigenvalue weighted by Crippen LogP contribution is -2.47. The molecule has 0 bridgehead atoms. The van der Waals surface area contributed by atoms with Crippen molar-refractivity contribution in [2.24, 2.45) is 0 Å². The van der Waals surface area contributed by atoms with Crippen molar-refractivity contribution in [3.05, 3.63) is 34.2 Å². The number of rotatable bonds is 11. The van der Waals surface area contributed by atoms with Crippen molar-refractivity contribution in [1.82, 2.24) is 34.3 Å². The van der Waals surface area contributed by atoms with Crippen molar-refractivity contribution >= 4 is 27.0 Å². The predicted octanol–water partition coefficient (Wildman–Crippen LogP) is 1.60. The molecule has 212 valence electrons. The van der Waals surface area contributed by atoms with Crippen LogP contribution in [-0.4, -0.2) is 89.7 Å². The van der Waals surface area contributed by atoms with E-state index in [1.165, 1.54) is 21.1 Å². The molecule has 1 aliphatic rings. The van der Waals surface area contributed by atoms with Crippen molar-refractivity contribution in [3.8, 4) is 17.1 Å². The molecule has 0 radical (unpaired) electrons. The van der Waals surface area contributed by atoms with Crippen molar-refractivity contribution < 1.29 is 17.9 Å². The van der Waals surface area contributed by atoms with E-state index in [9.17, 15) is 18.0 Å². The van der Waals surface area contributed by atoms with Gasteiger partial charge in [0.25, 0.3) is 5.56 Å². The van der Waals surface area contributed by atoms with Crippen LogP contribution in [0.3, 0.4) is 0 Å². The van der Waals surface area contributed by atoms with E-state index in [1.807, 2.05) is 27.8 Å². The minimum atomic E-state index is -3.77. The fourth-order valence-corrected chi connectivity index (χ4v) is 6.01. The standard InChI is InChI=1S/C26H37N7O5S/c1-5-8-20-23-24(33(30-20)17-22(34)27-7-3)26(35)29-25(28-23)19-16-18(9-10-21(19)38-15-6-2)39(36,37)32-13-11-31(4)12-14-32/h9-10,16H,5-8,11-15,17H2,1-4H3,(H,27,34)(H,28,29,35). The summed E-state index contributed by atoms with van der Waals surface area (Å²) in [6, 6.07) is 4.66. The lowest BCUT2D eigenvalue weighted by atomic mass is 10.1. The molecule has 0 aliphatic carbocycles. The predicted molar refractivity (Wildman–Crippen MR) is 148 cm³/mol. The number of aromatic amines is 1. The molecule has 4 rings (SSSR count). The third-order valence-electron chi connectivity index (χ3n) is 6.59. The number of piperazine rings is 1. The van der Waals surface area contributed by atoms with Gasteiger partial charge in [0.2, 0.25) is 15.9 Å². The van der Waals surface area contributed by atoms with Crippen LogP contribution in [0, 0.1) is 0 Å². The highest BCUT2D eigenvalue weighted by molar-refractivity contribution is 7.89. The van der Waals surface area contributed by atoms with E-state index in [4.69, 9.17) is 9.72 Å². The number of carbonyl (C=O) groups excluding carboxylic acids is 1. The summed E-state index contributed by atoms with van der Waals surface area (Å²) < 4.78 is 35.8. The number of ether oxygens (including phenoxy) is 1. The van der Waals surface area contributed by atoms with E-state index in [1.54, 1.807) is 6.07 Å². The number of hydrogen-bond acceptors (Lipinski definition) is 8. The maximum Gasteiger partial charge on any atom is 0.277 e. The average Bonchev–Trinajstić information content (AvgIpc) is 3.25. The number of sulfonamides is 1. The fourth-order valence-electron chi connectivity index (χ4n) is 4.56. The number of H-pyrrole nitrogens is 1. The number of nitrogens with one attached hydrogen (secondary N) is 2. The number of aromatic nitrogens is 4. The Labute approximate surface area is 228 Å². The van der Waals surface area contributed by atoms with Gasteiger partial charge in [-0.3, -0.25) is 9.59 Å². The number of aryl methyl sites for hydroxylation is 1. The Balaban J connectivity index is 1.84. The van der Waals surface area contributed by atoms with Gasteiger partial charge in [-0.25, -0.2) is 18.1 Å². The maximum atomic E-state index is 13.5. The van der Waals surface area contributed by atoms with Crippen molar-refractivity contribution in [3.63, 3.8) is 0 Å². The molecule has 1 aromatic carbocycles. The summed E-state index contributed by atoms with van der Waals surface area (Å²) >= 11 is 0. The quantitative estimate of drug-likeness (QED) is 0.361. The molecule has 39 heavy (non-hydrogen) atoms. The number of nitrogens with zero attached hydrogens (tertiary/aromatic N) is 5. The molecule has 0 unspecified atom stereocenters. The highest BCUT2D eigenvalue weighted by atomic mass is 32.2. The first-order valence-corrected chi connectivity index (χ1v) is 14.9. The molecule has 1 saturated heterocycles. The van der Waals surface area contributed by atoms with Crippen LogP contribution < -0.4 is 15.6 Å². The van der Waals surface area contributed by atoms with Gasteiger partial charge in [0.05, 0.1) is 22.8 Å². The molecule has 2 aromatic heterocycles. The third-order valence-corrected chi connectivity index (χ3v) is 8.48. The van der Waals surface area contributed by atoms with E-state index in [0.29, 0.717) is 68.3 Å². The largest absolute Gasteiger partial charge is 0.493 e. The smallest absolute Gasteiger partial charge is 0.277 e. The molecule has 2 N–H and O–H groups in total. The van der Waals surface area contributed by atoms with Crippen LogP contribution in [0.15, 0.2) is 27.9 Å².